The standard InChI is InChI=1S/C11H15Cl2NO/c1-3-14-7(2)11(15)10-8(12)5-4-6-9(10)13/h4-7,11,14-15H,3H2,1-2H3. The van der Waals surface area contributed by atoms with Crippen molar-refractivity contribution < 1.29 is 5.11 Å². The van der Waals surface area contributed by atoms with Gasteiger partial charge in [0.15, 0.2) is 0 Å². The molecule has 2 N–H and O–H groups in total. The van der Waals surface area contributed by atoms with Crippen LogP contribution in [0.25, 0.3) is 0 Å². The third-order valence-corrected chi connectivity index (χ3v) is 2.95. The fourth-order valence-corrected chi connectivity index (χ4v) is 2.10. The fourth-order valence-electron chi connectivity index (χ4n) is 1.48. The van der Waals surface area contributed by atoms with Gasteiger partial charge in [-0.15, -0.1) is 0 Å². The van der Waals surface area contributed by atoms with E-state index in [9.17, 15) is 5.11 Å². The number of halogens is 2. The maximum Gasteiger partial charge on any atom is 0.0969 e. The molecule has 15 heavy (non-hydrogen) atoms. The number of aliphatic hydroxyl groups excluding tert-OH is 1. The van der Waals surface area contributed by atoms with E-state index >= 15 is 0 Å². The Hall–Kier alpha value is -0.280. The number of rotatable bonds is 4. The molecule has 0 saturated heterocycles. The highest BCUT2D eigenvalue weighted by Crippen LogP contribution is 2.31. The molecule has 1 aromatic carbocycles. The zero-order valence-corrected chi connectivity index (χ0v) is 10.3. The van der Waals surface area contributed by atoms with E-state index in [-0.39, 0.29) is 6.04 Å². The van der Waals surface area contributed by atoms with Crippen LogP contribution in [0, 0.1) is 0 Å². The summed E-state index contributed by atoms with van der Waals surface area (Å²) in [6, 6.07) is 5.14. The lowest BCUT2D eigenvalue weighted by molar-refractivity contribution is 0.137. The molecule has 4 heteroatoms. The molecule has 0 bridgehead atoms. The van der Waals surface area contributed by atoms with Crippen LogP contribution in [0.15, 0.2) is 18.2 Å². The smallest absolute Gasteiger partial charge is 0.0969 e. The first-order chi connectivity index (χ1) is 7.07. The third-order valence-electron chi connectivity index (χ3n) is 2.30. The molecule has 84 valence electrons. The van der Waals surface area contributed by atoms with E-state index in [4.69, 9.17) is 23.2 Å². The van der Waals surface area contributed by atoms with Crippen LogP contribution >= 0.6 is 23.2 Å². The first kappa shape index (κ1) is 12.8. The number of nitrogens with one attached hydrogen (secondary N) is 1. The molecule has 0 amide bonds. The third kappa shape index (κ3) is 3.08. The van der Waals surface area contributed by atoms with Crippen molar-refractivity contribution in [2.75, 3.05) is 6.54 Å². The van der Waals surface area contributed by atoms with Crippen molar-refractivity contribution in [2.24, 2.45) is 0 Å². The van der Waals surface area contributed by atoms with Gasteiger partial charge >= 0.3 is 0 Å². The lowest BCUT2D eigenvalue weighted by atomic mass is 10.0. The van der Waals surface area contributed by atoms with Crippen molar-refractivity contribution in [3.63, 3.8) is 0 Å². The Morgan fingerprint density at radius 1 is 1.33 bits per heavy atom. The van der Waals surface area contributed by atoms with Gasteiger partial charge < -0.3 is 10.4 Å². The van der Waals surface area contributed by atoms with E-state index < -0.39 is 6.10 Å². The highest BCUT2D eigenvalue weighted by atomic mass is 35.5. The van der Waals surface area contributed by atoms with Gasteiger partial charge in [-0.05, 0) is 25.6 Å². The number of hydrogen-bond acceptors (Lipinski definition) is 2. The minimum absolute atomic E-state index is 0.0765. The summed E-state index contributed by atoms with van der Waals surface area (Å²) in [7, 11) is 0. The van der Waals surface area contributed by atoms with Crippen LogP contribution in [-0.2, 0) is 0 Å². The molecule has 1 rings (SSSR count). The Morgan fingerprint density at radius 2 is 1.87 bits per heavy atom. The lowest BCUT2D eigenvalue weighted by Gasteiger charge is -2.21. The van der Waals surface area contributed by atoms with Crippen molar-refractivity contribution in [3.05, 3.63) is 33.8 Å². The number of hydrogen-bond donors (Lipinski definition) is 2. The van der Waals surface area contributed by atoms with E-state index in [1.54, 1.807) is 18.2 Å². The number of likely N-dealkylation sites (N-methyl/N-ethyl adjacent to an activating group) is 1. The second-order valence-corrected chi connectivity index (χ2v) is 4.24. The van der Waals surface area contributed by atoms with Gasteiger partial charge in [-0.2, -0.15) is 0 Å². The quantitative estimate of drug-likeness (QED) is 0.858. The highest BCUT2D eigenvalue weighted by molar-refractivity contribution is 6.36. The predicted molar refractivity (Wildman–Crippen MR) is 64.6 cm³/mol. The molecule has 2 unspecified atom stereocenters. The summed E-state index contributed by atoms with van der Waals surface area (Å²) in [6.07, 6.45) is -0.689. The van der Waals surface area contributed by atoms with Crippen LogP contribution in [0.1, 0.15) is 25.5 Å². The number of aliphatic hydroxyl groups is 1. The molecule has 2 nitrogen and oxygen atoms in total. The molecular formula is C11H15Cl2NO. The molecule has 0 spiro atoms. The minimum atomic E-state index is -0.689. The molecule has 2 atom stereocenters. The summed E-state index contributed by atoms with van der Waals surface area (Å²) >= 11 is 12.0. The summed E-state index contributed by atoms with van der Waals surface area (Å²) in [5, 5.41) is 14.2. The Morgan fingerprint density at radius 3 is 2.33 bits per heavy atom. The average Bonchev–Trinajstić information content (AvgIpc) is 2.17. The second-order valence-electron chi connectivity index (χ2n) is 3.43. The fraction of sp³-hybridized carbons (Fsp3) is 0.455. The Bertz CT molecular complexity index is 310. The molecule has 0 radical (unpaired) electrons. The van der Waals surface area contributed by atoms with Crippen molar-refractivity contribution in [2.45, 2.75) is 26.0 Å². The summed E-state index contributed by atoms with van der Waals surface area (Å²) in [6.45, 7) is 4.67. The van der Waals surface area contributed by atoms with Crippen molar-refractivity contribution in [1.82, 2.24) is 5.32 Å². The van der Waals surface area contributed by atoms with Crippen LogP contribution < -0.4 is 5.32 Å². The maximum absolute atomic E-state index is 10.1. The molecule has 0 aliphatic carbocycles. The van der Waals surface area contributed by atoms with E-state index in [2.05, 4.69) is 5.32 Å². The molecule has 1 aromatic rings. The Kier molecular flexibility index (Phi) is 4.87. The number of benzene rings is 1. The van der Waals surface area contributed by atoms with Gasteiger partial charge in [-0.25, -0.2) is 0 Å². The molecular weight excluding hydrogens is 233 g/mol. The SMILES string of the molecule is CCNC(C)C(O)c1c(Cl)cccc1Cl. The van der Waals surface area contributed by atoms with Crippen molar-refractivity contribution in [3.8, 4) is 0 Å². The van der Waals surface area contributed by atoms with Gasteiger partial charge in [0, 0.05) is 21.7 Å². The van der Waals surface area contributed by atoms with E-state index in [1.807, 2.05) is 13.8 Å². The van der Waals surface area contributed by atoms with Crippen molar-refractivity contribution >= 4 is 23.2 Å². The zero-order valence-electron chi connectivity index (χ0n) is 8.80. The first-order valence-corrected chi connectivity index (χ1v) is 5.68. The lowest BCUT2D eigenvalue weighted by Crippen LogP contribution is -2.32. The summed E-state index contributed by atoms with van der Waals surface area (Å²) < 4.78 is 0. The minimum Gasteiger partial charge on any atom is -0.387 e. The molecule has 0 aliphatic heterocycles. The maximum atomic E-state index is 10.1. The average molecular weight is 248 g/mol. The van der Waals surface area contributed by atoms with E-state index in [0.29, 0.717) is 15.6 Å². The van der Waals surface area contributed by atoms with Gasteiger partial charge in [-0.1, -0.05) is 36.2 Å². The van der Waals surface area contributed by atoms with Crippen LogP contribution in [0.3, 0.4) is 0 Å². The monoisotopic (exact) mass is 247 g/mol. The van der Waals surface area contributed by atoms with E-state index in [0.717, 1.165) is 6.54 Å². The largest absolute Gasteiger partial charge is 0.387 e. The van der Waals surface area contributed by atoms with Crippen molar-refractivity contribution in [1.29, 1.82) is 0 Å². The van der Waals surface area contributed by atoms with Gasteiger partial charge in [0.1, 0.15) is 0 Å². The second kappa shape index (κ2) is 5.71. The molecule has 0 heterocycles. The van der Waals surface area contributed by atoms with Gasteiger partial charge in [0.2, 0.25) is 0 Å². The highest BCUT2D eigenvalue weighted by Gasteiger charge is 2.20. The van der Waals surface area contributed by atoms with Gasteiger partial charge in [0.05, 0.1) is 6.10 Å². The Balaban J connectivity index is 2.94. The van der Waals surface area contributed by atoms with Gasteiger partial charge in [0.25, 0.3) is 0 Å². The summed E-state index contributed by atoms with van der Waals surface area (Å²) in [4.78, 5) is 0. The topological polar surface area (TPSA) is 32.3 Å². The van der Waals surface area contributed by atoms with Crippen LogP contribution in [0.5, 0.6) is 0 Å². The summed E-state index contributed by atoms with van der Waals surface area (Å²) in [5.74, 6) is 0. The molecule has 0 saturated carbocycles. The van der Waals surface area contributed by atoms with Crippen LogP contribution in [-0.4, -0.2) is 17.7 Å². The van der Waals surface area contributed by atoms with Gasteiger partial charge in [-0.3, -0.25) is 0 Å². The Labute approximate surface area is 100 Å². The summed E-state index contributed by atoms with van der Waals surface area (Å²) in [5.41, 5.74) is 0.592. The molecule has 0 aliphatic rings. The first-order valence-electron chi connectivity index (χ1n) is 4.93. The zero-order chi connectivity index (χ0) is 11.4. The molecule has 0 fully saturated rings. The normalized spacial score (nSPS) is 15.0. The predicted octanol–water partition coefficient (Wildman–Crippen LogP) is 3.02. The van der Waals surface area contributed by atoms with Crippen LogP contribution in [0.4, 0.5) is 0 Å². The van der Waals surface area contributed by atoms with E-state index in [1.165, 1.54) is 0 Å². The molecule has 0 aromatic heterocycles. The van der Waals surface area contributed by atoms with Crippen LogP contribution in [0.2, 0.25) is 10.0 Å².